The first kappa shape index (κ1) is 3.79. The van der Waals surface area contributed by atoms with Gasteiger partial charge >= 0.3 is 0 Å². The van der Waals surface area contributed by atoms with E-state index in [0.717, 1.165) is 16.8 Å². The summed E-state index contributed by atoms with van der Waals surface area (Å²) in [5, 5.41) is 0. The fourth-order valence-corrected chi connectivity index (χ4v) is 3.10. The molecular weight excluding hydrogens is 120 g/mol. The lowest BCUT2D eigenvalue weighted by atomic mass is 10.5. The Hall–Kier alpha value is -0.153. The van der Waals surface area contributed by atoms with Crippen LogP contribution in [0, 0.1) is 17.3 Å². The molecule has 8 heavy (non-hydrogen) atoms. The maximum absolute atomic E-state index is 10.3. The molecule has 4 rings (SSSR count). The number of hydrogen-bond acceptors (Lipinski definition) is 2. The number of carbonyl (C=O) groups is 1. The van der Waals surface area contributed by atoms with Crippen molar-refractivity contribution in [1.82, 2.24) is 0 Å². The maximum Gasteiger partial charge on any atom is 0.146 e. The predicted octanol–water partition coefficient (Wildman–Crippen LogP) is -1.52. The molecule has 0 aromatic heterocycles. The Balaban J connectivity index is 2.02. The zero-order valence-corrected chi connectivity index (χ0v) is 6.55. The van der Waals surface area contributed by atoms with Gasteiger partial charge in [0.15, 0.2) is 0 Å². The van der Waals surface area contributed by atoms with Gasteiger partial charge in [0.1, 0.15) is 16.8 Å². The van der Waals surface area contributed by atoms with Crippen molar-refractivity contribution in [2.45, 2.75) is 5.60 Å². The van der Waals surface area contributed by atoms with E-state index in [0.29, 0.717) is 11.8 Å². The van der Waals surface area contributed by atoms with Gasteiger partial charge in [-0.05, 0) is 0 Å². The normalized spacial score (nSPS) is 78.5. The number of aldehydes is 1. The van der Waals surface area contributed by atoms with Crippen molar-refractivity contribution >= 4 is 16.8 Å². The molecular formula is C5H6O2Si. The van der Waals surface area contributed by atoms with Crippen molar-refractivity contribution in [2.24, 2.45) is 17.3 Å². The topological polar surface area (TPSA) is 26.3 Å². The van der Waals surface area contributed by atoms with E-state index in [4.69, 9.17) is 4.43 Å². The van der Waals surface area contributed by atoms with Crippen LogP contribution in [0.3, 0.4) is 0 Å². The van der Waals surface area contributed by atoms with Crippen LogP contribution in [-0.4, -0.2) is 22.4 Å². The van der Waals surface area contributed by atoms with Gasteiger partial charge in [-0.2, -0.15) is 0 Å². The van der Waals surface area contributed by atoms with Crippen molar-refractivity contribution in [1.29, 1.82) is 0 Å². The molecule has 2 unspecified atom stereocenters. The van der Waals surface area contributed by atoms with Gasteiger partial charge < -0.3 is 9.22 Å². The molecule has 4 fully saturated rings. The standard InChI is InChI=1S/C5H6O2Si/c6-1-4-2-3(4)5(2,4)7-8/h1-3H,8H3. The molecule has 0 amide bonds. The summed E-state index contributed by atoms with van der Waals surface area (Å²) in [6, 6.07) is 0. The van der Waals surface area contributed by atoms with E-state index < -0.39 is 0 Å². The van der Waals surface area contributed by atoms with Gasteiger partial charge in [-0.1, -0.05) is 0 Å². The zero-order valence-electron chi connectivity index (χ0n) is 4.55. The second-order valence-electron chi connectivity index (χ2n) is 3.00. The van der Waals surface area contributed by atoms with Crippen LogP contribution in [0.1, 0.15) is 0 Å². The molecule has 0 bridgehead atoms. The molecule has 42 valence electrons. The highest BCUT2D eigenvalue weighted by Gasteiger charge is 3.21. The number of carbonyl (C=O) groups excluding carboxylic acids is 1. The van der Waals surface area contributed by atoms with E-state index in [9.17, 15) is 4.79 Å². The fourth-order valence-electron chi connectivity index (χ4n) is 2.24. The number of hydrogen-bond donors (Lipinski definition) is 0. The van der Waals surface area contributed by atoms with E-state index >= 15 is 0 Å². The lowest BCUT2D eigenvalue weighted by molar-refractivity contribution is -0.109. The molecule has 0 aliphatic heterocycles. The SMILES string of the molecule is O=CC12C3C1C32O[SiH3]. The summed E-state index contributed by atoms with van der Waals surface area (Å²) in [5.74, 6) is 1.40. The first-order chi connectivity index (χ1) is 3.86. The zero-order chi connectivity index (χ0) is 5.57. The molecule has 0 aromatic carbocycles. The van der Waals surface area contributed by atoms with E-state index in [2.05, 4.69) is 0 Å². The van der Waals surface area contributed by atoms with E-state index in [1.807, 2.05) is 0 Å². The third-order valence-electron chi connectivity index (χ3n) is 3.11. The summed E-state index contributed by atoms with van der Waals surface area (Å²) in [5.41, 5.74) is 0.301. The quantitative estimate of drug-likeness (QED) is 0.332. The average molecular weight is 126 g/mol. The highest BCUT2D eigenvalue weighted by molar-refractivity contribution is 6.03. The van der Waals surface area contributed by atoms with Crippen molar-refractivity contribution in [3.8, 4) is 0 Å². The molecule has 2 nitrogen and oxygen atoms in total. The molecule has 0 aromatic rings. The van der Waals surface area contributed by atoms with Crippen LogP contribution in [0.4, 0.5) is 0 Å². The maximum atomic E-state index is 10.3. The van der Waals surface area contributed by atoms with Crippen molar-refractivity contribution < 1.29 is 9.22 Å². The summed E-state index contributed by atoms with van der Waals surface area (Å²) in [7, 11) is 0.802. The van der Waals surface area contributed by atoms with Gasteiger partial charge in [0.2, 0.25) is 0 Å². The Morgan fingerprint density at radius 2 is 2.25 bits per heavy atom. The van der Waals surface area contributed by atoms with Gasteiger partial charge in [-0.15, -0.1) is 0 Å². The molecule has 4 saturated carbocycles. The lowest BCUT2D eigenvalue weighted by Crippen LogP contribution is -1.92. The largest absolute Gasteiger partial charge is 0.421 e. The summed E-state index contributed by atoms with van der Waals surface area (Å²) in [6.07, 6.45) is 1.10. The van der Waals surface area contributed by atoms with Gasteiger partial charge in [-0.3, -0.25) is 0 Å². The van der Waals surface area contributed by atoms with E-state index in [1.165, 1.54) is 0 Å². The Morgan fingerprint density at radius 3 is 2.38 bits per heavy atom. The Kier molecular flexibility index (Phi) is 0.282. The second-order valence-corrected chi connectivity index (χ2v) is 3.41. The minimum absolute atomic E-state index is 0.120. The van der Waals surface area contributed by atoms with Gasteiger partial charge in [-0.25, -0.2) is 0 Å². The van der Waals surface area contributed by atoms with Crippen LogP contribution in [0.5, 0.6) is 0 Å². The molecule has 0 radical (unpaired) electrons. The second kappa shape index (κ2) is 0.594. The van der Waals surface area contributed by atoms with Crippen molar-refractivity contribution in [3.05, 3.63) is 0 Å². The van der Waals surface area contributed by atoms with Crippen molar-refractivity contribution in [3.63, 3.8) is 0 Å². The van der Waals surface area contributed by atoms with Gasteiger partial charge in [0.05, 0.1) is 11.0 Å². The van der Waals surface area contributed by atoms with E-state index in [1.54, 1.807) is 0 Å². The predicted molar refractivity (Wildman–Crippen MR) is 29.2 cm³/mol. The van der Waals surface area contributed by atoms with Crippen LogP contribution in [-0.2, 0) is 9.22 Å². The van der Waals surface area contributed by atoms with Crippen LogP contribution in [0.15, 0.2) is 0 Å². The average Bonchev–Trinajstić information content (AvgIpc) is 2.67. The van der Waals surface area contributed by atoms with E-state index in [-0.39, 0.29) is 11.0 Å². The highest BCUT2D eigenvalue weighted by Crippen LogP contribution is 3.12. The summed E-state index contributed by atoms with van der Waals surface area (Å²) >= 11 is 0. The minimum Gasteiger partial charge on any atom is -0.421 e. The van der Waals surface area contributed by atoms with Gasteiger partial charge in [0.25, 0.3) is 0 Å². The Morgan fingerprint density at radius 1 is 1.62 bits per heavy atom. The van der Waals surface area contributed by atoms with Crippen LogP contribution in [0.2, 0.25) is 0 Å². The number of rotatable bonds is 2. The monoisotopic (exact) mass is 126 g/mol. The minimum atomic E-state index is 0.120. The first-order valence-corrected chi connectivity index (χ1v) is 3.69. The molecule has 4 aliphatic carbocycles. The van der Waals surface area contributed by atoms with Gasteiger partial charge in [0, 0.05) is 11.8 Å². The van der Waals surface area contributed by atoms with Crippen molar-refractivity contribution in [2.75, 3.05) is 0 Å². The smallest absolute Gasteiger partial charge is 0.146 e. The Bertz CT molecular complexity index is 191. The lowest BCUT2D eigenvalue weighted by Gasteiger charge is -1.85. The summed E-state index contributed by atoms with van der Waals surface area (Å²) in [4.78, 5) is 10.3. The molecule has 4 aliphatic rings. The third-order valence-corrected chi connectivity index (χ3v) is 3.79. The molecule has 0 N–H and O–H groups in total. The van der Waals surface area contributed by atoms with Crippen LogP contribution < -0.4 is 0 Å². The molecule has 0 spiro atoms. The molecule has 0 heterocycles. The van der Waals surface area contributed by atoms with Crippen LogP contribution >= 0.6 is 0 Å². The Labute approximate surface area is 49.8 Å². The third kappa shape index (κ3) is 0.113. The molecule has 3 heteroatoms. The summed E-state index contributed by atoms with van der Waals surface area (Å²) < 4.78 is 5.26. The summed E-state index contributed by atoms with van der Waals surface area (Å²) in [6.45, 7) is 0. The first-order valence-electron chi connectivity index (χ1n) is 2.87. The fraction of sp³-hybridized carbons (Fsp3) is 0.800. The molecule has 0 saturated heterocycles. The highest BCUT2D eigenvalue weighted by atomic mass is 28.2. The molecule has 2 atom stereocenters. The van der Waals surface area contributed by atoms with Crippen LogP contribution in [0.25, 0.3) is 0 Å².